The predicted octanol–water partition coefficient (Wildman–Crippen LogP) is 3.12. The monoisotopic (exact) mass is 256 g/mol. The van der Waals surface area contributed by atoms with E-state index in [-0.39, 0.29) is 5.28 Å². The molecule has 1 aromatic heterocycles. The molecular formula is C12H21ClN4. The van der Waals surface area contributed by atoms with E-state index in [1.807, 2.05) is 0 Å². The lowest BCUT2D eigenvalue weighted by molar-refractivity contribution is 0.620. The van der Waals surface area contributed by atoms with Crippen LogP contribution < -0.4 is 10.6 Å². The first-order valence-electron chi connectivity index (χ1n) is 6.11. The highest BCUT2D eigenvalue weighted by Crippen LogP contribution is 2.23. The summed E-state index contributed by atoms with van der Waals surface area (Å²) in [6.45, 7) is 7.39. The van der Waals surface area contributed by atoms with Crippen LogP contribution in [0.5, 0.6) is 0 Å². The van der Waals surface area contributed by atoms with Crippen molar-refractivity contribution in [1.82, 2.24) is 9.97 Å². The topological polar surface area (TPSA) is 55.0 Å². The van der Waals surface area contributed by atoms with Crippen LogP contribution in [0.15, 0.2) is 6.20 Å². The first-order valence-corrected chi connectivity index (χ1v) is 6.48. The Bertz CT molecular complexity index is 354. The molecule has 1 heterocycles. The second-order valence-corrected chi connectivity index (χ2v) is 4.75. The summed E-state index contributed by atoms with van der Waals surface area (Å²) in [5.41, 5.74) is 6.49. The summed E-state index contributed by atoms with van der Waals surface area (Å²) in [6.07, 6.45) is 5.11. The molecule has 0 unspecified atom stereocenters. The minimum atomic E-state index is 0.246. The van der Waals surface area contributed by atoms with Gasteiger partial charge in [-0.15, -0.1) is 0 Å². The Morgan fingerprint density at radius 2 is 2.12 bits per heavy atom. The fourth-order valence-electron chi connectivity index (χ4n) is 1.73. The fourth-order valence-corrected chi connectivity index (χ4v) is 1.86. The maximum Gasteiger partial charge on any atom is 0.224 e. The zero-order valence-corrected chi connectivity index (χ0v) is 11.5. The third-order valence-corrected chi connectivity index (χ3v) is 2.85. The van der Waals surface area contributed by atoms with Crippen LogP contribution in [0.3, 0.4) is 0 Å². The highest BCUT2D eigenvalue weighted by atomic mass is 35.5. The van der Waals surface area contributed by atoms with Gasteiger partial charge in [0.15, 0.2) is 5.82 Å². The highest BCUT2D eigenvalue weighted by molar-refractivity contribution is 6.28. The van der Waals surface area contributed by atoms with Gasteiger partial charge in [0.25, 0.3) is 0 Å². The van der Waals surface area contributed by atoms with Gasteiger partial charge >= 0.3 is 0 Å². The quantitative estimate of drug-likeness (QED) is 0.628. The van der Waals surface area contributed by atoms with Crippen molar-refractivity contribution in [2.24, 2.45) is 0 Å². The number of rotatable bonds is 6. The number of nitrogen functional groups attached to an aromatic ring is 1. The molecule has 4 nitrogen and oxygen atoms in total. The van der Waals surface area contributed by atoms with Gasteiger partial charge in [-0.3, -0.25) is 0 Å². The van der Waals surface area contributed by atoms with Gasteiger partial charge in [0.1, 0.15) is 0 Å². The number of hydrogen-bond donors (Lipinski definition) is 1. The molecule has 0 bridgehead atoms. The minimum absolute atomic E-state index is 0.246. The smallest absolute Gasteiger partial charge is 0.224 e. The molecule has 0 aliphatic heterocycles. The predicted molar refractivity (Wildman–Crippen MR) is 73.5 cm³/mol. The lowest BCUT2D eigenvalue weighted by Crippen LogP contribution is -2.33. The minimum Gasteiger partial charge on any atom is -0.394 e. The molecule has 0 aliphatic rings. The van der Waals surface area contributed by atoms with Gasteiger partial charge in [-0.05, 0) is 31.9 Å². The Balaban J connectivity index is 2.85. The van der Waals surface area contributed by atoms with Crippen LogP contribution in [-0.4, -0.2) is 22.6 Å². The number of nitrogens with zero attached hydrogens (tertiary/aromatic N) is 3. The molecule has 0 fully saturated rings. The van der Waals surface area contributed by atoms with Crippen molar-refractivity contribution < 1.29 is 0 Å². The molecular weight excluding hydrogens is 236 g/mol. The molecule has 0 aliphatic carbocycles. The van der Waals surface area contributed by atoms with E-state index < -0.39 is 0 Å². The molecule has 2 N–H and O–H groups in total. The Morgan fingerprint density at radius 3 is 2.71 bits per heavy atom. The average molecular weight is 257 g/mol. The molecule has 0 saturated heterocycles. The van der Waals surface area contributed by atoms with Crippen LogP contribution in [0.25, 0.3) is 0 Å². The number of halogens is 1. The van der Waals surface area contributed by atoms with Gasteiger partial charge in [-0.2, -0.15) is 4.98 Å². The SMILES string of the molecule is CCCCCN(c1nc(Cl)ncc1N)C(C)C. The third-order valence-electron chi connectivity index (χ3n) is 2.66. The molecule has 96 valence electrons. The van der Waals surface area contributed by atoms with Crippen molar-refractivity contribution in [3.8, 4) is 0 Å². The third kappa shape index (κ3) is 4.04. The molecule has 1 aromatic rings. The maximum atomic E-state index is 5.91. The summed E-state index contributed by atoms with van der Waals surface area (Å²) in [4.78, 5) is 10.3. The van der Waals surface area contributed by atoms with Crippen molar-refractivity contribution in [2.45, 2.75) is 46.1 Å². The molecule has 1 rings (SSSR count). The van der Waals surface area contributed by atoms with E-state index in [9.17, 15) is 0 Å². The van der Waals surface area contributed by atoms with Gasteiger partial charge < -0.3 is 10.6 Å². The van der Waals surface area contributed by atoms with E-state index in [2.05, 4.69) is 35.6 Å². The molecule has 0 radical (unpaired) electrons. The molecule has 0 aromatic carbocycles. The van der Waals surface area contributed by atoms with Gasteiger partial charge in [0.2, 0.25) is 5.28 Å². The van der Waals surface area contributed by atoms with Crippen LogP contribution in [0.1, 0.15) is 40.0 Å². The fraction of sp³-hybridized carbons (Fsp3) is 0.667. The zero-order chi connectivity index (χ0) is 12.8. The lowest BCUT2D eigenvalue weighted by atomic mass is 10.2. The van der Waals surface area contributed by atoms with Crippen LogP contribution in [0, 0.1) is 0 Å². The highest BCUT2D eigenvalue weighted by Gasteiger charge is 2.15. The second kappa shape index (κ2) is 6.64. The summed E-state index contributed by atoms with van der Waals surface area (Å²) in [5, 5.41) is 0.246. The van der Waals surface area contributed by atoms with Gasteiger partial charge in [0.05, 0.1) is 11.9 Å². The van der Waals surface area contributed by atoms with Crippen molar-refractivity contribution in [2.75, 3.05) is 17.2 Å². The number of nitrogens with two attached hydrogens (primary N) is 1. The van der Waals surface area contributed by atoms with Crippen LogP contribution in [-0.2, 0) is 0 Å². The van der Waals surface area contributed by atoms with E-state index >= 15 is 0 Å². The van der Waals surface area contributed by atoms with Crippen molar-refractivity contribution in [3.63, 3.8) is 0 Å². The number of unbranched alkanes of at least 4 members (excludes halogenated alkanes) is 2. The summed E-state index contributed by atoms with van der Waals surface area (Å²) in [6, 6.07) is 0.347. The second-order valence-electron chi connectivity index (χ2n) is 4.41. The van der Waals surface area contributed by atoms with Crippen molar-refractivity contribution in [1.29, 1.82) is 0 Å². The zero-order valence-electron chi connectivity index (χ0n) is 10.8. The molecule has 0 spiro atoms. The van der Waals surface area contributed by atoms with Crippen LogP contribution in [0.4, 0.5) is 11.5 Å². The standard InChI is InChI=1S/C12H21ClN4/c1-4-5-6-7-17(9(2)3)11-10(14)8-15-12(13)16-11/h8-9H,4-7,14H2,1-3H3. The van der Waals surface area contributed by atoms with Gasteiger partial charge in [-0.25, -0.2) is 4.98 Å². The summed E-state index contributed by atoms with van der Waals surface area (Å²) >= 11 is 5.82. The Kier molecular flexibility index (Phi) is 5.48. The Labute approximate surface area is 108 Å². The lowest BCUT2D eigenvalue weighted by Gasteiger charge is -2.28. The van der Waals surface area contributed by atoms with E-state index in [4.69, 9.17) is 17.3 Å². The van der Waals surface area contributed by atoms with E-state index in [1.54, 1.807) is 6.20 Å². The average Bonchev–Trinajstić information content (AvgIpc) is 2.28. The van der Waals surface area contributed by atoms with Crippen LogP contribution in [0.2, 0.25) is 5.28 Å². The van der Waals surface area contributed by atoms with Gasteiger partial charge in [0, 0.05) is 12.6 Å². The molecule has 5 heteroatoms. The van der Waals surface area contributed by atoms with Crippen molar-refractivity contribution >= 4 is 23.1 Å². The number of anilines is 2. The van der Waals surface area contributed by atoms with E-state index in [1.165, 1.54) is 12.8 Å². The van der Waals surface area contributed by atoms with Gasteiger partial charge in [-0.1, -0.05) is 19.8 Å². The van der Waals surface area contributed by atoms with Crippen LogP contribution >= 0.6 is 11.6 Å². The summed E-state index contributed by atoms with van der Waals surface area (Å²) < 4.78 is 0. The first-order chi connectivity index (χ1) is 8.06. The number of hydrogen-bond acceptors (Lipinski definition) is 4. The van der Waals surface area contributed by atoms with E-state index in [0.29, 0.717) is 11.7 Å². The molecule has 0 amide bonds. The Hall–Kier alpha value is -1.03. The number of aromatic nitrogens is 2. The van der Waals surface area contributed by atoms with E-state index in [0.717, 1.165) is 18.8 Å². The summed E-state index contributed by atoms with van der Waals surface area (Å²) in [7, 11) is 0. The maximum absolute atomic E-state index is 5.91. The largest absolute Gasteiger partial charge is 0.394 e. The first kappa shape index (κ1) is 14.0. The molecule has 0 saturated carbocycles. The van der Waals surface area contributed by atoms with Crippen molar-refractivity contribution in [3.05, 3.63) is 11.5 Å². The Morgan fingerprint density at radius 1 is 1.41 bits per heavy atom. The molecule has 0 atom stereocenters. The molecule has 17 heavy (non-hydrogen) atoms. The summed E-state index contributed by atoms with van der Waals surface area (Å²) in [5.74, 6) is 0.746. The normalized spacial score (nSPS) is 10.9.